The zero-order valence-corrected chi connectivity index (χ0v) is 9.18. The van der Waals surface area contributed by atoms with Crippen LogP contribution in [0.15, 0.2) is 0 Å². The van der Waals surface area contributed by atoms with Crippen LogP contribution < -0.4 is 16.4 Å². The third-order valence-corrected chi connectivity index (χ3v) is 1.35. The second-order valence-electron chi connectivity index (χ2n) is 4.30. The quantitative estimate of drug-likeness (QED) is 0.568. The van der Waals surface area contributed by atoms with E-state index < -0.39 is 6.04 Å². The molecular formula is C9H19N3O2. The maximum atomic E-state index is 11.2. The normalized spacial score (nSPS) is 13.2. The molecule has 0 saturated heterocycles. The molecule has 4 N–H and O–H groups in total. The van der Waals surface area contributed by atoms with Gasteiger partial charge in [0.1, 0.15) is 0 Å². The van der Waals surface area contributed by atoms with Crippen LogP contribution in [0.25, 0.3) is 0 Å². The van der Waals surface area contributed by atoms with E-state index >= 15 is 0 Å². The Bertz CT molecular complexity index is 219. The van der Waals surface area contributed by atoms with Crippen LogP contribution in [0.3, 0.4) is 0 Å². The summed E-state index contributed by atoms with van der Waals surface area (Å²) in [5.74, 6) is -0.541. The Morgan fingerprint density at radius 1 is 1.36 bits per heavy atom. The van der Waals surface area contributed by atoms with Crippen molar-refractivity contribution in [2.24, 2.45) is 5.73 Å². The van der Waals surface area contributed by atoms with Crippen molar-refractivity contribution in [1.82, 2.24) is 10.6 Å². The average molecular weight is 201 g/mol. The van der Waals surface area contributed by atoms with Gasteiger partial charge in [0.15, 0.2) is 0 Å². The summed E-state index contributed by atoms with van der Waals surface area (Å²) in [5.41, 5.74) is 5.02. The van der Waals surface area contributed by atoms with Crippen molar-refractivity contribution < 1.29 is 9.59 Å². The molecule has 2 amide bonds. The van der Waals surface area contributed by atoms with Crippen molar-refractivity contribution in [2.75, 3.05) is 6.54 Å². The summed E-state index contributed by atoms with van der Waals surface area (Å²) in [5, 5.41) is 5.15. The molecule has 0 saturated carbocycles. The Morgan fingerprint density at radius 2 is 1.86 bits per heavy atom. The molecule has 0 rings (SSSR count). The standard InChI is InChI=1S/C9H19N3O2/c1-6(10)8(14)11-5-7(13)12-9(2,3)4/h6H,5,10H2,1-4H3,(H,11,14)(H,12,13)/t6-/m0/s1. The second-order valence-corrected chi connectivity index (χ2v) is 4.30. The van der Waals surface area contributed by atoms with E-state index in [1.54, 1.807) is 6.92 Å². The van der Waals surface area contributed by atoms with E-state index in [9.17, 15) is 9.59 Å². The Morgan fingerprint density at radius 3 is 2.21 bits per heavy atom. The lowest BCUT2D eigenvalue weighted by atomic mass is 10.1. The van der Waals surface area contributed by atoms with Gasteiger partial charge >= 0.3 is 0 Å². The Hall–Kier alpha value is -1.10. The number of carbonyl (C=O) groups excluding carboxylic acids is 2. The molecule has 0 aliphatic rings. The summed E-state index contributed by atoms with van der Waals surface area (Å²) >= 11 is 0. The van der Waals surface area contributed by atoms with Crippen LogP contribution in [0.4, 0.5) is 0 Å². The zero-order valence-electron chi connectivity index (χ0n) is 9.18. The molecule has 0 aliphatic carbocycles. The lowest BCUT2D eigenvalue weighted by molar-refractivity contribution is -0.127. The minimum Gasteiger partial charge on any atom is -0.350 e. The van der Waals surface area contributed by atoms with Gasteiger partial charge in [-0.15, -0.1) is 0 Å². The van der Waals surface area contributed by atoms with Crippen molar-refractivity contribution in [3.05, 3.63) is 0 Å². The summed E-state index contributed by atoms with van der Waals surface area (Å²) < 4.78 is 0. The molecule has 14 heavy (non-hydrogen) atoms. The third-order valence-electron chi connectivity index (χ3n) is 1.35. The van der Waals surface area contributed by atoms with E-state index in [-0.39, 0.29) is 23.9 Å². The summed E-state index contributed by atoms with van der Waals surface area (Å²) in [6.45, 7) is 7.16. The topological polar surface area (TPSA) is 84.2 Å². The first-order chi connectivity index (χ1) is 6.22. The molecule has 0 aromatic carbocycles. The SMILES string of the molecule is C[C@H](N)C(=O)NCC(=O)NC(C)(C)C. The van der Waals surface area contributed by atoms with Crippen LogP contribution in [0.1, 0.15) is 27.7 Å². The summed E-state index contributed by atoms with van der Waals surface area (Å²) in [7, 11) is 0. The number of hydrogen-bond acceptors (Lipinski definition) is 3. The highest BCUT2D eigenvalue weighted by atomic mass is 16.2. The fraction of sp³-hybridized carbons (Fsp3) is 0.778. The molecule has 0 radical (unpaired) electrons. The van der Waals surface area contributed by atoms with Crippen LogP contribution >= 0.6 is 0 Å². The number of carbonyl (C=O) groups is 2. The van der Waals surface area contributed by atoms with Gasteiger partial charge in [0, 0.05) is 5.54 Å². The lowest BCUT2D eigenvalue weighted by Gasteiger charge is -2.20. The summed E-state index contributed by atoms with van der Waals surface area (Å²) in [4.78, 5) is 22.2. The molecule has 82 valence electrons. The van der Waals surface area contributed by atoms with E-state index in [0.29, 0.717) is 0 Å². The van der Waals surface area contributed by atoms with E-state index in [2.05, 4.69) is 10.6 Å². The monoisotopic (exact) mass is 201 g/mol. The molecule has 0 aliphatic heterocycles. The predicted molar refractivity (Wildman–Crippen MR) is 54.6 cm³/mol. The van der Waals surface area contributed by atoms with E-state index in [1.807, 2.05) is 20.8 Å². The Kier molecular flexibility index (Phi) is 4.56. The Balaban J connectivity index is 3.81. The first-order valence-electron chi connectivity index (χ1n) is 4.56. The van der Waals surface area contributed by atoms with Crippen molar-refractivity contribution in [3.8, 4) is 0 Å². The minimum atomic E-state index is -0.586. The summed E-state index contributed by atoms with van der Waals surface area (Å²) in [6, 6.07) is -0.586. The lowest BCUT2D eigenvalue weighted by Crippen LogP contribution is -2.48. The molecular weight excluding hydrogens is 182 g/mol. The molecule has 1 atom stereocenters. The molecule has 0 heterocycles. The molecule has 0 spiro atoms. The van der Waals surface area contributed by atoms with Crippen molar-refractivity contribution in [2.45, 2.75) is 39.3 Å². The number of nitrogens with one attached hydrogen (secondary N) is 2. The fourth-order valence-electron chi connectivity index (χ4n) is 0.791. The van der Waals surface area contributed by atoms with Crippen molar-refractivity contribution in [3.63, 3.8) is 0 Å². The molecule has 0 bridgehead atoms. The third kappa shape index (κ3) is 6.42. The number of hydrogen-bond donors (Lipinski definition) is 3. The maximum absolute atomic E-state index is 11.2. The molecule has 5 nitrogen and oxygen atoms in total. The van der Waals surface area contributed by atoms with Gasteiger partial charge in [-0.1, -0.05) is 0 Å². The van der Waals surface area contributed by atoms with Gasteiger partial charge < -0.3 is 16.4 Å². The van der Waals surface area contributed by atoms with Crippen molar-refractivity contribution >= 4 is 11.8 Å². The van der Waals surface area contributed by atoms with Crippen LogP contribution in [0.2, 0.25) is 0 Å². The zero-order chi connectivity index (χ0) is 11.4. The first kappa shape index (κ1) is 12.9. The van der Waals surface area contributed by atoms with Crippen LogP contribution in [-0.4, -0.2) is 29.9 Å². The van der Waals surface area contributed by atoms with Gasteiger partial charge in [-0.2, -0.15) is 0 Å². The Labute approximate surface area is 84.4 Å². The number of amides is 2. The average Bonchev–Trinajstić information content (AvgIpc) is 1.96. The second kappa shape index (κ2) is 4.95. The van der Waals surface area contributed by atoms with E-state index in [0.717, 1.165) is 0 Å². The first-order valence-corrected chi connectivity index (χ1v) is 4.56. The molecule has 5 heteroatoms. The van der Waals surface area contributed by atoms with Crippen molar-refractivity contribution in [1.29, 1.82) is 0 Å². The van der Waals surface area contributed by atoms with E-state index in [1.165, 1.54) is 0 Å². The van der Waals surface area contributed by atoms with Crippen LogP contribution in [0.5, 0.6) is 0 Å². The maximum Gasteiger partial charge on any atom is 0.239 e. The highest BCUT2D eigenvalue weighted by Gasteiger charge is 2.14. The minimum absolute atomic E-state index is 0.0301. The van der Waals surface area contributed by atoms with Gasteiger partial charge in [-0.05, 0) is 27.7 Å². The van der Waals surface area contributed by atoms with E-state index in [4.69, 9.17) is 5.73 Å². The fourth-order valence-corrected chi connectivity index (χ4v) is 0.791. The number of nitrogens with two attached hydrogens (primary N) is 1. The van der Waals surface area contributed by atoms with Gasteiger partial charge in [0.05, 0.1) is 12.6 Å². The predicted octanol–water partition coefficient (Wildman–Crippen LogP) is -0.635. The van der Waals surface area contributed by atoms with Gasteiger partial charge in [-0.25, -0.2) is 0 Å². The molecule has 0 unspecified atom stereocenters. The smallest absolute Gasteiger partial charge is 0.239 e. The van der Waals surface area contributed by atoms with Crippen LogP contribution in [0, 0.1) is 0 Å². The number of rotatable bonds is 3. The largest absolute Gasteiger partial charge is 0.350 e. The molecule has 0 aromatic heterocycles. The van der Waals surface area contributed by atoms with Gasteiger partial charge in [-0.3, -0.25) is 9.59 Å². The highest BCUT2D eigenvalue weighted by Crippen LogP contribution is 1.96. The van der Waals surface area contributed by atoms with Crippen LogP contribution in [-0.2, 0) is 9.59 Å². The molecule has 0 aromatic rings. The summed E-state index contributed by atoms with van der Waals surface area (Å²) in [6.07, 6.45) is 0. The van der Waals surface area contributed by atoms with Gasteiger partial charge in [0.25, 0.3) is 0 Å². The van der Waals surface area contributed by atoms with Gasteiger partial charge in [0.2, 0.25) is 11.8 Å². The molecule has 0 fully saturated rings. The highest BCUT2D eigenvalue weighted by molar-refractivity contribution is 5.87.